The van der Waals surface area contributed by atoms with Gasteiger partial charge >= 0.3 is 0 Å². The summed E-state index contributed by atoms with van der Waals surface area (Å²) < 4.78 is 0. The quantitative estimate of drug-likeness (QED) is 0.827. The van der Waals surface area contributed by atoms with E-state index < -0.39 is 0 Å². The van der Waals surface area contributed by atoms with Gasteiger partial charge in [0, 0.05) is 25.0 Å². The molecular weight excluding hydrogens is 232 g/mol. The van der Waals surface area contributed by atoms with Crippen LogP contribution in [0.25, 0.3) is 0 Å². The summed E-state index contributed by atoms with van der Waals surface area (Å²) in [7, 11) is 0. The van der Waals surface area contributed by atoms with Gasteiger partial charge in [0.05, 0.1) is 0 Å². The zero-order chi connectivity index (χ0) is 13.1. The van der Waals surface area contributed by atoms with Crippen molar-refractivity contribution in [3.63, 3.8) is 0 Å². The number of nitrogens with zero attached hydrogens (tertiary/aromatic N) is 2. The van der Waals surface area contributed by atoms with Crippen molar-refractivity contribution in [2.45, 2.75) is 32.4 Å². The maximum Gasteiger partial charge on any atom is 0.0355 e. The Morgan fingerprint density at radius 3 is 2.84 bits per heavy atom. The Kier molecular flexibility index (Phi) is 3.60. The molecule has 2 heteroatoms. The molecule has 1 aromatic carbocycles. The molecule has 1 unspecified atom stereocenters. The predicted octanol–water partition coefficient (Wildman–Crippen LogP) is 3.73. The fourth-order valence-electron chi connectivity index (χ4n) is 3.04. The Morgan fingerprint density at radius 2 is 2.05 bits per heavy atom. The minimum Gasteiger partial charge on any atom is -0.292 e. The number of likely N-dealkylation sites (tertiary alicyclic amines) is 1. The maximum atomic E-state index is 4.21. The van der Waals surface area contributed by atoms with Crippen molar-refractivity contribution in [3.8, 4) is 0 Å². The van der Waals surface area contributed by atoms with Crippen molar-refractivity contribution in [1.82, 2.24) is 9.88 Å². The molecule has 0 bridgehead atoms. The lowest BCUT2D eigenvalue weighted by molar-refractivity contribution is 0.248. The van der Waals surface area contributed by atoms with Crippen molar-refractivity contribution in [3.05, 3.63) is 65.5 Å². The lowest BCUT2D eigenvalue weighted by Crippen LogP contribution is -2.23. The van der Waals surface area contributed by atoms with Gasteiger partial charge in [0.25, 0.3) is 0 Å². The lowest BCUT2D eigenvalue weighted by Gasteiger charge is -2.26. The smallest absolute Gasteiger partial charge is 0.0355 e. The van der Waals surface area contributed by atoms with Gasteiger partial charge in [0.15, 0.2) is 0 Å². The van der Waals surface area contributed by atoms with Crippen LogP contribution in [0.4, 0.5) is 0 Å². The van der Waals surface area contributed by atoms with Crippen LogP contribution in [0.15, 0.2) is 48.8 Å². The van der Waals surface area contributed by atoms with Crippen LogP contribution in [-0.2, 0) is 6.54 Å². The van der Waals surface area contributed by atoms with Gasteiger partial charge in [-0.3, -0.25) is 9.88 Å². The van der Waals surface area contributed by atoms with Gasteiger partial charge in [-0.2, -0.15) is 0 Å². The molecule has 2 heterocycles. The molecule has 1 atom stereocenters. The van der Waals surface area contributed by atoms with Crippen LogP contribution in [0.1, 0.15) is 35.6 Å². The standard InChI is InChI=1S/C17H20N2/c1-14-12-18-10-9-16(14)17-8-5-11-19(17)13-15-6-3-2-4-7-15/h2-4,6-7,9-10,12,17H,5,8,11,13H2,1H3. The van der Waals surface area contributed by atoms with Gasteiger partial charge in [0.2, 0.25) is 0 Å². The molecule has 0 aliphatic carbocycles. The summed E-state index contributed by atoms with van der Waals surface area (Å²) in [4.78, 5) is 6.80. The number of pyridine rings is 1. The normalized spacial score (nSPS) is 19.7. The molecule has 1 aliphatic rings. The number of hydrogen-bond donors (Lipinski definition) is 0. The fourth-order valence-corrected chi connectivity index (χ4v) is 3.04. The molecule has 2 aromatic rings. The van der Waals surface area contributed by atoms with Crippen LogP contribution >= 0.6 is 0 Å². The van der Waals surface area contributed by atoms with Crippen LogP contribution in [0.5, 0.6) is 0 Å². The topological polar surface area (TPSA) is 16.1 Å². The third-order valence-corrected chi connectivity index (χ3v) is 4.01. The average molecular weight is 252 g/mol. The molecule has 1 saturated heterocycles. The first kappa shape index (κ1) is 12.4. The minimum atomic E-state index is 0.559. The molecule has 0 saturated carbocycles. The summed E-state index contributed by atoms with van der Waals surface area (Å²) >= 11 is 0. The molecule has 0 N–H and O–H groups in total. The van der Waals surface area contributed by atoms with Crippen molar-refractivity contribution >= 4 is 0 Å². The molecular formula is C17H20N2. The second-order valence-corrected chi connectivity index (χ2v) is 5.35. The van der Waals surface area contributed by atoms with Crippen LogP contribution in [0, 0.1) is 6.92 Å². The van der Waals surface area contributed by atoms with E-state index in [-0.39, 0.29) is 0 Å². The Morgan fingerprint density at radius 1 is 1.21 bits per heavy atom. The van der Waals surface area contributed by atoms with E-state index in [1.807, 2.05) is 12.4 Å². The monoisotopic (exact) mass is 252 g/mol. The fraction of sp³-hybridized carbons (Fsp3) is 0.353. The van der Waals surface area contributed by atoms with E-state index in [1.54, 1.807) is 0 Å². The van der Waals surface area contributed by atoms with E-state index in [9.17, 15) is 0 Å². The molecule has 0 radical (unpaired) electrons. The van der Waals surface area contributed by atoms with Crippen molar-refractivity contribution in [2.75, 3.05) is 6.54 Å². The van der Waals surface area contributed by atoms with E-state index in [1.165, 1.54) is 36.1 Å². The van der Waals surface area contributed by atoms with E-state index >= 15 is 0 Å². The molecule has 19 heavy (non-hydrogen) atoms. The average Bonchev–Trinajstić information content (AvgIpc) is 2.88. The van der Waals surface area contributed by atoms with Crippen molar-refractivity contribution < 1.29 is 0 Å². The largest absolute Gasteiger partial charge is 0.292 e. The lowest BCUT2D eigenvalue weighted by atomic mass is 10.0. The van der Waals surface area contributed by atoms with Crippen molar-refractivity contribution in [1.29, 1.82) is 0 Å². The van der Waals surface area contributed by atoms with Crippen LogP contribution in [0.3, 0.4) is 0 Å². The molecule has 3 rings (SSSR count). The second-order valence-electron chi connectivity index (χ2n) is 5.35. The zero-order valence-corrected chi connectivity index (χ0v) is 11.4. The summed E-state index contributed by atoms with van der Waals surface area (Å²) in [5, 5.41) is 0. The van der Waals surface area contributed by atoms with E-state index in [4.69, 9.17) is 0 Å². The van der Waals surface area contributed by atoms with Gasteiger partial charge in [-0.1, -0.05) is 30.3 Å². The summed E-state index contributed by atoms with van der Waals surface area (Å²) in [6, 6.07) is 13.5. The Hall–Kier alpha value is -1.67. The molecule has 0 spiro atoms. The molecule has 1 aliphatic heterocycles. The molecule has 2 nitrogen and oxygen atoms in total. The van der Waals surface area contributed by atoms with Gasteiger partial charge < -0.3 is 0 Å². The number of rotatable bonds is 3. The van der Waals surface area contributed by atoms with E-state index in [0.29, 0.717) is 6.04 Å². The molecule has 1 fully saturated rings. The number of aromatic nitrogens is 1. The first-order valence-electron chi connectivity index (χ1n) is 7.03. The highest BCUT2D eigenvalue weighted by atomic mass is 15.2. The van der Waals surface area contributed by atoms with Crippen molar-refractivity contribution in [2.24, 2.45) is 0 Å². The summed E-state index contributed by atoms with van der Waals surface area (Å²) in [5.74, 6) is 0. The summed E-state index contributed by atoms with van der Waals surface area (Å²) in [5.41, 5.74) is 4.16. The van der Waals surface area contributed by atoms with Gasteiger partial charge in [0.1, 0.15) is 0 Å². The van der Waals surface area contributed by atoms with Crippen LogP contribution in [0.2, 0.25) is 0 Å². The van der Waals surface area contributed by atoms with Crippen LogP contribution < -0.4 is 0 Å². The highest BCUT2D eigenvalue weighted by molar-refractivity contribution is 5.26. The Labute approximate surface area is 115 Å². The Balaban J connectivity index is 1.81. The number of hydrogen-bond acceptors (Lipinski definition) is 2. The van der Waals surface area contributed by atoms with E-state index in [0.717, 1.165) is 6.54 Å². The summed E-state index contributed by atoms with van der Waals surface area (Å²) in [6.07, 6.45) is 6.45. The minimum absolute atomic E-state index is 0.559. The summed E-state index contributed by atoms with van der Waals surface area (Å²) in [6.45, 7) is 4.41. The Bertz CT molecular complexity index is 536. The number of aryl methyl sites for hydroxylation is 1. The first-order chi connectivity index (χ1) is 9.34. The zero-order valence-electron chi connectivity index (χ0n) is 11.4. The molecule has 1 aromatic heterocycles. The highest BCUT2D eigenvalue weighted by Crippen LogP contribution is 2.34. The van der Waals surface area contributed by atoms with Gasteiger partial charge in [-0.15, -0.1) is 0 Å². The van der Waals surface area contributed by atoms with E-state index in [2.05, 4.69) is 53.2 Å². The van der Waals surface area contributed by atoms with Crippen LogP contribution in [-0.4, -0.2) is 16.4 Å². The predicted molar refractivity (Wildman–Crippen MR) is 77.8 cm³/mol. The number of benzene rings is 1. The second kappa shape index (κ2) is 5.54. The highest BCUT2D eigenvalue weighted by Gasteiger charge is 2.26. The first-order valence-corrected chi connectivity index (χ1v) is 7.03. The van der Waals surface area contributed by atoms with Gasteiger partial charge in [-0.25, -0.2) is 0 Å². The third kappa shape index (κ3) is 2.69. The van der Waals surface area contributed by atoms with Gasteiger partial charge in [-0.05, 0) is 49.1 Å². The molecule has 98 valence electrons. The maximum absolute atomic E-state index is 4.21. The third-order valence-electron chi connectivity index (χ3n) is 4.01. The molecule has 0 amide bonds. The SMILES string of the molecule is Cc1cnccc1C1CCCN1Cc1ccccc1.